The summed E-state index contributed by atoms with van der Waals surface area (Å²) in [5.74, 6) is -0.972. The first-order chi connectivity index (χ1) is 17.4. The van der Waals surface area contributed by atoms with Crippen molar-refractivity contribution >= 4 is 34.3 Å². The first kappa shape index (κ1) is 21.7. The van der Waals surface area contributed by atoms with E-state index in [1.54, 1.807) is 28.8 Å². The zero-order valence-electron chi connectivity index (χ0n) is 19.8. The number of aromatic carboxylic acids is 1. The van der Waals surface area contributed by atoms with E-state index in [1.807, 2.05) is 34.9 Å². The van der Waals surface area contributed by atoms with Crippen LogP contribution in [0.15, 0.2) is 71.5 Å². The van der Waals surface area contributed by atoms with Gasteiger partial charge in [-0.2, -0.15) is 0 Å². The van der Waals surface area contributed by atoms with Gasteiger partial charge in [-0.3, -0.25) is 9.13 Å². The highest BCUT2D eigenvalue weighted by Gasteiger charge is 2.49. The second-order valence-electron chi connectivity index (χ2n) is 10.7. The maximum atomic E-state index is 14.1. The molecule has 0 amide bonds. The van der Waals surface area contributed by atoms with Gasteiger partial charge in [-0.1, -0.05) is 30.2 Å². The Morgan fingerprint density at radius 1 is 0.861 bits per heavy atom. The summed E-state index contributed by atoms with van der Waals surface area (Å²) in [4.78, 5) is 28.1. The van der Waals surface area contributed by atoms with Crippen LogP contribution in [0, 0.1) is 5.41 Å². The highest BCUT2D eigenvalue weighted by molar-refractivity contribution is 6.31. The predicted octanol–water partition coefficient (Wildman–Crippen LogP) is 5.67. The SMILES string of the molecule is O=C(O)c1cccc(C2(n3c(=O)n(-c4ccc(N5CC6(CCC6)C5)cc4)c4cc(Cl)ccc43)CC2)c1. The first-order valence-electron chi connectivity index (χ1n) is 12.5. The molecule has 1 N–H and O–H groups in total. The summed E-state index contributed by atoms with van der Waals surface area (Å²) in [5.41, 5.74) is 4.44. The Bertz CT molecular complexity index is 1580. The molecule has 182 valence electrons. The normalized spacial score (nSPS) is 19.2. The lowest BCUT2D eigenvalue weighted by Gasteiger charge is -2.57. The Labute approximate surface area is 213 Å². The predicted molar refractivity (Wildman–Crippen MR) is 141 cm³/mol. The molecule has 4 aromatic rings. The lowest BCUT2D eigenvalue weighted by molar-refractivity contribution is 0.0696. The molecule has 2 heterocycles. The smallest absolute Gasteiger partial charge is 0.335 e. The van der Waals surface area contributed by atoms with Crippen LogP contribution in [0.1, 0.15) is 48.0 Å². The fourth-order valence-electron chi connectivity index (χ4n) is 6.29. The molecule has 3 aromatic carbocycles. The molecule has 1 aliphatic heterocycles. The Balaban J connectivity index is 1.33. The molecule has 1 spiro atoms. The van der Waals surface area contributed by atoms with Gasteiger partial charge in [0.25, 0.3) is 0 Å². The van der Waals surface area contributed by atoms with E-state index in [9.17, 15) is 14.7 Å². The molecule has 0 unspecified atom stereocenters. The molecule has 36 heavy (non-hydrogen) atoms. The van der Waals surface area contributed by atoms with E-state index in [4.69, 9.17) is 11.6 Å². The summed E-state index contributed by atoms with van der Waals surface area (Å²) >= 11 is 6.38. The third-order valence-electron chi connectivity index (χ3n) is 8.54. The highest BCUT2D eigenvalue weighted by atomic mass is 35.5. The first-order valence-corrected chi connectivity index (χ1v) is 12.9. The number of carboxylic acid groups (broad SMARTS) is 1. The number of rotatable bonds is 5. The van der Waals surface area contributed by atoms with Gasteiger partial charge in [0.2, 0.25) is 0 Å². The second kappa shape index (κ2) is 7.50. The third kappa shape index (κ3) is 3.10. The lowest BCUT2D eigenvalue weighted by atomic mass is 9.63. The van der Waals surface area contributed by atoms with Crippen molar-refractivity contribution in [3.63, 3.8) is 0 Å². The van der Waals surface area contributed by atoms with E-state index in [0.717, 1.165) is 48.2 Å². The standard InChI is InChI=1S/C29H26ClN3O3/c30-21-5-10-24-25(16-21)32(23-8-6-22(7-9-23)31-17-28(18-31)11-2-12-28)27(36)33(24)29(13-14-29)20-4-1-3-19(15-20)26(34)35/h1,3-10,15-16H,2,11-14,17-18H2,(H,34,35). The van der Waals surface area contributed by atoms with Crippen molar-refractivity contribution in [2.24, 2.45) is 5.41 Å². The van der Waals surface area contributed by atoms with Crippen molar-refractivity contribution in [1.82, 2.24) is 9.13 Å². The summed E-state index contributed by atoms with van der Waals surface area (Å²) < 4.78 is 3.57. The molecule has 1 saturated heterocycles. The topological polar surface area (TPSA) is 67.5 Å². The van der Waals surface area contributed by atoms with Crippen LogP contribution in [0.25, 0.3) is 16.7 Å². The van der Waals surface area contributed by atoms with Crippen LogP contribution in [0.2, 0.25) is 5.02 Å². The fraction of sp³-hybridized carbons (Fsp3) is 0.310. The van der Waals surface area contributed by atoms with Gasteiger partial charge in [0.05, 0.1) is 27.8 Å². The van der Waals surface area contributed by atoms with Gasteiger partial charge in [0.15, 0.2) is 0 Å². The summed E-state index contributed by atoms with van der Waals surface area (Å²) in [5, 5.41) is 10.1. The average molecular weight is 500 g/mol. The number of fused-ring (bicyclic) bond motifs is 1. The van der Waals surface area contributed by atoms with E-state index in [0.29, 0.717) is 10.4 Å². The van der Waals surface area contributed by atoms with Crippen LogP contribution < -0.4 is 10.6 Å². The van der Waals surface area contributed by atoms with Gasteiger partial charge in [0.1, 0.15) is 0 Å². The van der Waals surface area contributed by atoms with Crippen LogP contribution in [-0.4, -0.2) is 33.3 Å². The largest absolute Gasteiger partial charge is 0.478 e. The second-order valence-corrected chi connectivity index (χ2v) is 11.2. The summed E-state index contributed by atoms with van der Waals surface area (Å²) in [7, 11) is 0. The van der Waals surface area contributed by atoms with Gasteiger partial charge in [-0.25, -0.2) is 9.59 Å². The molecule has 0 atom stereocenters. The molecule has 2 aliphatic carbocycles. The Morgan fingerprint density at radius 3 is 2.22 bits per heavy atom. The number of hydrogen-bond acceptors (Lipinski definition) is 3. The van der Waals surface area contributed by atoms with Gasteiger partial charge in [-0.05, 0) is 85.8 Å². The van der Waals surface area contributed by atoms with Crippen molar-refractivity contribution in [2.75, 3.05) is 18.0 Å². The van der Waals surface area contributed by atoms with Crippen molar-refractivity contribution in [1.29, 1.82) is 0 Å². The lowest BCUT2D eigenvalue weighted by Crippen LogP contribution is -2.59. The van der Waals surface area contributed by atoms with E-state index < -0.39 is 11.5 Å². The number of carboxylic acids is 1. The number of imidazole rings is 1. The number of halogens is 1. The Morgan fingerprint density at radius 2 is 1.58 bits per heavy atom. The number of aromatic nitrogens is 2. The monoisotopic (exact) mass is 499 g/mol. The minimum atomic E-state index is -0.972. The van der Waals surface area contributed by atoms with Crippen LogP contribution in [0.3, 0.4) is 0 Å². The van der Waals surface area contributed by atoms with Crippen molar-refractivity contribution in [2.45, 2.75) is 37.6 Å². The van der Waals surface area contributed by atoms with Crippen LogP contribution in [0.4, 0.5) is 5.69 Å². The number of nitrogens with zero attached hydrogens (tertiary/aromatic N) is 3. The maximum Gasteiger partial charge on any atom is 0.335 e. The van der Waals surface area contributed by atoms with Crippen molar-refractivity contribution in [3.05, 3.63) is 93.4 Å². The van der Waals surface area contributed by atoms with E-state index in [2.05, 4.69) is 17.0 Å². The summed E-state index contributed by atoms with van der Waals surface area (Å²) in [6.07, 6.45) is 5.58. The zero-order chi connectivity index (χ0) is 24.7. The van der Waals surface area contributed by atoms with Crippen LogP contribution in [-0.2, 0) is 5.54 Å². The Hall–Kier alpha value is -3.51. The molecule has 1 aromatic heterocycles. The number of anilines is 1. The van der Waals surface area contributed by atoms with Gasteiger partial charge in [-0.15, -0.1) is 0 Å². The quantitative estimate of drug-likeness (QED) is 0.384. The van der Waals surface area contributed by atoms with Crippen LogP contribution in [0.5, 0.6) is 0 Å². The van der Waals surface area contributed by atoms with Gasteiger partial charge in [0, 0.05) is 29.2 Å². The minimum absolute atomic E-state index is 0.143. The van der Waals surface area contributed by atoms with E-state index >= 15 is 0 Å². The van der Waals surface area contributed by atoms with Gasteiger partial charge < -0.3 is 10.0 Å². The molecule has 7 heteroatoms. The van der Waals surface area contributed by atoms with E-state index in [1.165, 1.54) is 24.9 Å². The molecule has 2 saturated carbocycles. The van der Waals surface area contributed by atoms with Crippen LogP contribution >= 0.6 is 11.6 Å². The minimum Gasteiger partial charge on any atom is -0.478 e. The molecule has 6 nitrogen and oxygen atoms in total. The summed E-state index contributed by atoms with van der Waals surface area (Å²) in [6, 6.07) is 20.7. The fourth-order valence-corrected chi connectivity index (χ4v) is 6.45. The van der Waals surface area contributed by atoms with Gasteiger partial charge >= 0.3 is 11.7 Å². The maximum absolute atomic E-state index is 14.1. The molecule has 0 radical (unpaired) electrons. The molecular weight excluding hydrogens is 474 g/mol. The molecule has 7 rings (SSSR count). The summed E-state index contributed by atoms with van der Waals surface area (Å²) in [6.45, 7) is 2.25. The average Bonchev–Trinajstić information content (AvgIpc) is 3.56. The Kier molecular flexibility index (Phi) is 4.53. The number of carbonyl (C=O) groups is 1. The molecule has 3 aliphatic rings. The molecule has 3 fully saturated rings. The molecular formula is C29H26ClN3O3. The van der Waals surface area contributed by atoms with Crippen molar-refractivity contribution < 1.29 is 9.90 Å². The molecule has 0 bridgehead atoms. The number of benzene rings is 3. The van der Waals surface area contributed by atoms with Crippen molar-refractivity contribution in [3.8, 4) is 5.69 Å². The third-order valence-corrected chi connectivity index (χ3v) is 8.78. The number of hydrogen-bond donors (Lipinski definition) is 1. The van der Waals surface area contributed by atoms with E-state index in [-0.39, 0.29) is 11.3 Å². The zero-order valence-corrected chi connectivity index (χ0v) is 20.5. The highest BCUT2D eigenvalue weighted by Crippen LogP contribution is 2.51.